The second-order valence-corrected chi connectivity index (χ2v) is 8.77. The minimum absolute atomic E-state index is 0.0562. The van der Waals surface area contributed by atoms with E-state index in [9.17, 15) is 4.79 Å². The second kappa shape index (κ2) is 8.22. The van der Waals surface area contributed by atoms with Crippen LogP contribution < -0.4 is 0 Å². The molecular formula is C22H32N6O. The largest absolute Gasteiger partial charge is 0.338 e. The van der Waals surface area contributed by atoms with Crippen LogP contribution in [0.4, 0.5) is 0 Å². The van der Waals surface area contributed by atoms with Gasteiger partial charge in [-0.2, -0.15) is 5.10 Å². The van der Waals surface area contributed by atoms with Crippen molar-refractivity contribution < 1.29 is 4.79 Å². The van der Waals surface area contributed by atoms with Crippen molar-refractivity contribution in [3.8, 4) is 0 Å². The van der Waals surface area contributed by atoms with Gasteiger partial charge in [-0.05, 0) is 59.8 Å². The minimum atomic E-state index is 0.0562. The maximum Gasteiger partial charge on any atom is 0.225 e. The number of hydrogen-bond acceptors (Lipinski definition) is 5. The Kier molecular flexibility index (Phi) is 5.67. The smallest absolute Gasteiger partial charge is 0.225 e. The highest BCUT2D eigenvalue weighted by atomic mass is 16.2. The normalized spacial score (nSPS) is 19.2. The summed E-state index contributed by atoms with van der Waals surface area (Å²) in [5.41, 5.74) is 4.32. The number of piperidine rings is 1. The molecule has 1 saturated heterocycles. The van der Waals surface area contributed by atoms with Crippen molar-refractivity contribution in [2.24, 2.45) is 0 Å². The van der Waals surface area contributed by atoms with E-state index in [0.717, 1.165) is 67.4 Å². The fourth-order valence-corrected chi connectivity index (χ4v) is 4.57. The molecule has 2 aliphatic rings. The highest BCUT2D eigenvalue weighted by Gasteiger charge is 2.26. The summed E-state index contributed by atoms with van der Waals surface area (Å²) >= 11 is 0. The van der Waals surface area contributed by atoms with E-state index in [0.29, 0.717) is 18.9 Å². The van der Waals surface area contributed by atoms with Crippen molar-refractivity contribution in [1.29, 1.82) is 0 Å². The number of hydrogen-bond donors (Lipinski definition) is 0. The lowest BCUT2D eigenvalue weighted by Crippen LogP contribution is -2.38. The molecule has 156 valence electrons. The molecule has 0 unspecified atom stereocenters. The molecule has 1 amide bonds. The van der Waals surface area contributed by atoms with Crippen molar-refractivity contribution >= 4 is 5.91 Å². The third-order valence-corrected chi connectivity index (χ3v) is 6.32. The van der Waals surface area contributed by atoms with Crippen LogP contribution in [0.2, 0.25) is 0 Å². The molecule has 1 fully saturated rings. The van der Waals surface area contributed by atoms with Gasteiger partial charge in [0.1, 0.15) is 5.82 Å². The van der Waals surface area contributed by atoms with Gasteiger partial charge in [0, 0.05) is 49.3 Å². The molecule has 7 nitrogen and oxygen atoms in total. The van der Waals surface area contributed by atoms with E-state index >= 15 is 0 Å². The molecule has 0 spiro atoms. The topological polar surface area (TPSA) is 67.2 Å². The number of aromatic nitrogens is 4. The molecule has 2 aromatic heterocycles. The summed E-state index contributed by atoms with van der Waals surface area (Å²) in [6.07, 6.45) is 5.50. The van der Waals surface area contributed by atoms with E-state index in [2.05, 4.69) is 35.0 Å². The van der Waals surface area contributed by atoms with Crippen LogP contribution in [-0.4, -0.2) is 62.1 Å². The Morgan fingerprint density at radius 2 is 2.00 bits per heavy atom. The Bertz CT molecular complexity index is 883. The minimum Gasteiger partial charge on any atom is -0.338 e. The van der Waals surface area contributed by atoms with E-state index in [1.807, 2.05) is 29.6 Å². The lowest BCUT2D eigenvalue weighted by Gasteiger charge is -2.31. The highest BCUT2D eigenvalue weighted by Crippen LogP contribution is 2.27. The van der Waals surface area contributed by atoms with Crippen LogP contribution in [0.1, 0.15) is 66.6 Å². The molecule has 7 heteroatoms. The quantitative estimate of drug-likeness (QED) is 0.795. The molecule has 2 aromatic rings. The first kappa shape index (κ1) is 20.0. The molecule has 4 rings (SSSR count). The molecule has 0 aliphatic carbocycles. The summed E-state index contributed by atoms with van der Waals surface area (Å²) in [6, 6.07) is 2.11. The number of aryl methyl sites for hydroxylation is 2. The van der Waals surface area contributed by atoms with Gasteiger partial charge in [0.05, 0.1) is 17.4 Å². The highest BCUT2D eigenvalue weighted by molar-refractivity contribution is 5.76. The molecule has 1 atom stereocenters. The Balaban J connectivity index is 1.39. The number of carbonyl (C=O) groups is 1. The molecule has 0 bridgehead atoms. The lowest BCUT2D eigenvalue weighted by molar-refractivity contribution is -0.133. The summed E-state index contributed by atoms with van der Waals surface area (Å²) in [6.45, 7) is 9.66. The van der Waals surface area contributed by atoms with Gasteiger partial charge >= 0.3 is 0 Å². The molecule has 0 N–H and O–H groups in total. The zero-order chi connectivity index (χ0) is 20.5. The van der Waals surface area contributed by atoms with E-state index in [4.69, 9.17) is 4.98 Å². The lowest BCUT2D eigenvalue weighted by atomic mass is 9.95. The van der Waals surface area contributed by atoms with Gasteiger partial charge < -0.3 is 9.80 Å². The third kappa shape index (κ3) is 4.34. The van der Waals surface area contributed by atoms with Crippen LogP contribution in [0.3, 0.4) is 0 Å². The second-order valence-electron chi connectivity index (χ2n) is 8.77. The monoisotopic (exact) mass is 396 g/mol. The van der Waals surface area contributed by atoms with Crippen molar-refractivity contribution in [3.63, 3.8) is 0 Å². The zero-order valence-electron chi connectivity index (χ0n) is 18.1. The zero-order valence-corrected chi connectivity index (χ0v) is 18.1. The fraction of sp³-hybridized carbons (Fsp3) is 0.636. The van der Waals surface area contributed by atoms with E-state index in [1.54, 1.807) is 0 Å². The van der Waals surface area contributed by atoms with Gasteiger partial charge in [-0.15, -0.1) is 0 Å². The van der Waals surface area contributed by atoms with Gasteiger partial charge in [-0.25, -0.2) is 9.97 Å². The van der Waals surface area contributed by atoms with E-state index in [1.165, 1.54) is 0 Å². The Morgan fingerprint density at radius 3 is 2.69 bits per heavy atom. The van der Waals surface area contributed by atoms with Crippen LogP contribution in [0, 0.1) is 13.8 Å². The van der Waals surface area contributed by atoms with Gasteiger partial charge in [-0.1, -0.05) is 0 Å². The average molecular weight is 397 g/mol. The van der Waals surface area contributed by atoms with Gasteiger partial charge in [-0.3, -0.25) is 9.48 Å². The van der Waals surface area contributed by atoms with Crippen molar-refractivity contribution in [2.45, 2.75) is 65.0 Å². The molecule has 4 heterocycles. The van der Waals surface area contributed by atoms with Crippen LogP contribution >= 0.6 is 0 Å². The molecule has 0 radical (unpaired) electrons. The fourth-order valence-electron chi connectivity index (χ4n) is 4.57. The third-order valence-electron chi connectivity index (χ3n) is 6.32. The molecular weight excluding hydrogens is 364 g/mol. The van der Waals surface area contributed by atoms with E-state index < -0.39 is 0 Å². The van der Waals surface area contributed by atoms with Gasteiger partial charge in [0.2, 0.25) is 5.91 Å². The van der Waals surface area contributed by atoms with Crippen molar-refractivity contribution in [1.82, 2.24) is 29.5 Å². The maximum atomic E-state index is 12.9. The maximum absolute atomic E-state index is 12.9. The van der Waals surface area contributed by atoms with Gasteiger partial charge in [0.15, 0.2) is 0 Å². The van der Waals surface area contributed by atoms with Crippen molar-refractivity contribution in [2.75, 3.05) is 26.7 Å². The van der Waals surface area contributed by atoms with Crippen LogP contribution in [0.25, 0.3) is 0 Å². The van der Waals surface area contributed by atoms with Crippen LogP contribution in [0.15, 0.2) is 12.3 Å². The first-order valence-electron chi connectivity index (χ1n) is 10.7. The first-order chi connectivity index (χ1) is 13.9. The SMILES string of the molecule is Cc1cc(C)n([C@@H](C)CC(=O)N2CCc3nc(C4CCN(C)CC4)ncc3C2)n1. The molecule has 2 aliphatic heterocycles. The predicted octanol–water partition coefficient (Wildman–Crippen LogP) is 2.64. The summed E-state index contributed by atoms with van der Waals surface area (Å²) in [5.74, 6) is 1.64. The standard InChI is InChI=1S/C22H32N6O/c1-15-11-16(2)28(25-15)17(3)12-21(29)27-10-7-20-19(14-27)13-23-22(24-20)18-5-8-26(4)9-6-18/h11,13,17-18H,5-10,12,14H2,1-4H3/t17-/m0/s1. The predicted molar refractivity (Wildman–Crippen MR) is 112 cm³/mol. The summed E-state index contributed by atoms with van der Waals surface area (Å²) in [4.78, 5) is 26.8. The molecule has 0 saturated carbocycles. The molecule has 29 heavy (non-hydrogen) atoms. The average Bonchev–Trinajstić information content (AvgIpc) is 3.06. The number of fused-ring (bicyclic) bond motifs is 1. The number of amides is 1. The van der Waals surface area contributed by atoms with Gasteiger partial charge in [0.25, 0.3) is 0 Å². The number of likely N-dealkylation sites (tertiary alicyclic amines) is 1. The van der Waals surface area contributed by atoms with Crippen LogP contribution in [0.5, 0.6) is 0 Å². The van der Waals surface area contributed by atoms with Crippen molar-refractivity contribution in [3.05, 3.63) is 40.7 Å². The number of rotatable bonds is 4. The Morgan fingerprint density at radius 1 is 1.24 bits per heavy atom. The summed E-state index contributed by atoms with van der Waals surface area (Å²) in [7, 11) is 2.17. The first-order valence-corrected chi connectivity index (χ1v) is 10.7. The summed E-state index contributed by atoms with van der Waals surface area (Å²) in [5, 5.41) is 4.53. The van der Waals surface area contributed by atoms with E-state index in [-0.39, 0.29) is 11.9 Å². The number of carbonyl (C=O) groups excluding carboxylic acids is 1. The Hall–Kier alpha value is -2.28. The Labute approximate surface area is 173 Å². The summed E-state index contributed by atoms with van der Waals surface area (Å²) < 4.78 is 1.96. The van der Waals surface area contributed by atoms with Crippen LogP contribution in [-0.2, 0) is 17.8 Å². The number of nitrogens with zero attached hydrogens (tertiary/aromatic N) is 6. The molecule has 0 aromatic carbocycles.